The maximum Gasteiger partial charge on any atom is 0.164 e. The van der Waals surface area contributed by atoms with E-state index in [0.29, 0.717) is 18.5 Å². The summed E-state index contributed by atoms with van der Waals surface area (Å²) < 4.78 is 12.8. The van der Waals surface area contributed by atoms with Gasteiger partial charge in [-0.1, -0.05) is 6.07 Å². The average Bonchev–Trinajstić information content (AvgIpc) is 2.43. The summed E-state index contributed by atoms with van der Waals surface area (Å²) in [6.45, 7) is 4.69. The number of nitrogens with one attached hydrogen (secondary N) is 1. The van der Waals surface area contributed by atoms with E-state index in [1.807, 2.05) is 6.07 Å². The minimum atomic E-state index is -0.324. The fourth-order valence-corrected chi connectivity index (χ4v) is 1.95. The minimum Gasteiger partial charge on any atom is -0.385 e. The molecule has 2 aromatic carbocycles. The van der Waals surface area contributed by atoms with Gasteiger partial charge in [-0.3, -0.25) is 4.79 Å². The average molecular weight is 271 g/mol. The molecule has 3 heteroatoms. The van der Waals surface area contributed by atoms with Crippen LogP contribution in [0.1, 0.15) is 27.9 Å². The summed E-state index contributed by atoms with van der Waals surface area (Å²) in [6.07, 6.45) is 0.387. The molecule has 20 heavy (non-hydrogen) atoms. The van der Waals surface area contributed by atoms with E-state index in [1.54, 1.807) is 0 Å². The van der Waals surface area contributed by atoms with Crippen LogP contribution in [0.15, 0.2) is 42.5 Å². The molecule has 104 valence electrons. The molecule has 0 unspecified atom stereocenters. The van der Waals surface area contributed by atoms with Crippen molar-refractivity contribution < 1.29 is 9.18 Å². The second-order valence-corrected chi connectivity index (χ2v) is 4.91. The van der Waals surface area contributed by atoms with Crippen LogP contribution in [0.5, 0.6) is 0 Å². The van der Waals surface area contributed by atoms with Crippen LogP contribution in [0.3, 0.4) is 0 Å². The van der Waals surface area contributed by atoms with E-state index in [4.69, 9.17) is 0 Å². The molecule has 0 fully saturated rings. The first-order valence-corrected chi connectivity index (χ1v) is 6.66. The Balaban J connectivity index is 1.87. The van der Waals surface area contributed by atoms with Crippen LogP contribution in [0.4, 0.5) is 10.1 Å². The molecule has 2 aromatic rings. The van der Waals surface area contributed by atoms with Gasteiger partial charge in [-0.2, -0.15) is 0 Å². The summed E-state index contributed by atoms with van der Waals surface area (Å²) in [5.74, 6) is -0.309. The second-order valence-electron chi connectivity index (χ2n) is 4.91. The zero-order valence-corrected chi connectivity index (χ0v) is 11.7. The van der Waals surface area contributed by atoms with E-state index in [0.717, 1.165) is 5.69 Å². The maximum atomic E-state index is 12.8. The summed E-state index contributed by atoms with van der Waals surface area (Å²) in [5.41, 5.74) is 4.03. The van der Waals surface area contributed by atoms with Crippen LogP contribution < -0.4 is 5.32 Å². The number of rotatable bonds is 5. The fraction of sp³-hybridized carbons (Fsp3) is 0.235. The van der Waals surface area contributed by atoms with Gasteiger partial charge in [0.25, 0.3) is 0 Å². The van der Waals surface area contributed by atoms with E-state index in [1.165, 1.54) is 35.4 Å². The molecule has 0 saturated heterocycles. The maximum absolute atomic E-state index is 12.8. The summed E-state index contributed by atoms with van der Waals surface area (Å²) >= 11 is 0. The standard InChI is InChI=1S/C17H18FNO/c1-12-3-8-16(11-13(12)2)19-10-9-17(20)14-4-6-15(18)7-5-14/h3-8,11,19H,9-10H2,1-2H3. The van der Waals surface area contributed by atoms with Gasteiger partial charge in [0, 0.05) is 24.2 Å². The van der Waals surface area contributed by atoms with E-state index < -0.39 is 0 Å². The van der Waals surface area contributed by atoms with Gasteiger partial charge in [0.1, 0.15) is 5.82 Å². The lowest BCUT2D eigenvalue weighted by molar-refractivity contribution is 0.0986. The number of ketones is 1. The summed E-state index contributed by atoms with van der Waals surface area (Å²) in [5, 5.41) is 3.23. The third kappa shape index (κ3) is 3.67. The first-order valence-electron chi connectivity index (χ1n) is 6.66. The van der Waals surface area contributed by atoms with Gasteiger partial charge in [-0.15, -0.1) is 0 Å². The van der Waals surface area contributed by atoms with Crippen LogP contribution in [-0.2, 0) is 0 Å². The number of aryl methyl sites for hydroxylation is 2. The van der Waals surface area contributed by atoms with Crippen LogP contribution in [0, 0.1) is 19.7 Å². The summed E-state index contributed by atoms with van der Waals surface area (Å²) in [7, 11) is 0. The number of halogens is 1. The number of hydrogen-bond acceptors (Lipinski definition) is 2. The molecule has 0 aliphatic rings. The predicted molar refractivity (Wildman–Crippen MR) is 79.8 cm³/mol. The minimum absolute atomic E-state index is 0.0151. The molecule has 0 aliphatic heterocycles. The molecule has 0 radical (unpaired) electrons. The van der Waals surface area contributed by atoms with Gasteiger partial charge < -0.3 is 5.32 Å². The molecule has 0 bridgehead atoms. The molecule has 0 aromatic heterocycles. The van der Waals surface area contributed by atoms with Gasteiger partial charge in [0.2, 0.25) is 0 Å². The molecule has 1 N–H and O–H groups in total. The van der Waals surface area contributed by atoms with Gasteiger partial charge in [-0.05, 0) is 61.4 Å². The normalized spacial score (nSPS) is 10.3. The molecule has 0 saturated carbocycles. The number of carbonyl (C=O) groups is 1. The Hall–Kier alpha value is -2.16. The summed E-state index contributed by atoms with van der Waals surface area (Å²) in [4.78, 5) is 11.9. The van der Waals surface area contributed by atoms with E-state index in [-0.39, 0.29) is 11.6 Å². The van der Waals surface area contributed by atoms with Crippen molar-refractivity contribution in [2.45, 2.75) is 20.3 Å². The second kappa shape index (κ2) is 6.33. The summed E-state index contributed by atoms with van der Waals surface area (Å²) in [6, 6.07) is 11.8. The van der Waals surface area contributed by atoms with Crippen molar-refractivity contribution in [1.82, 2.24) is 0 Å². The lowest BCUT2D eigenvalue weighted by Crippen LogP contribution is -2.09. The van der Waals surface area contributed by atoms with Gasteiger partial charge >= 0.3 is 0 Å². The van der Waals surface area contributed by atoms with Crippen molar-refractivity contribution in [2.24, 2.45) is 0 Å². The zero-order chi connectivity index (χ0) is 14.5. The smallest absolute Gasteiger partial charge is 0.164 e. The lowest BCUT2D eigenvalue weighted by atomic mass is 10.1. The highest BCUT2D eigenvalue weighted by molar-refractivity contribution is 5.96. The fourth-order valence-electron chi connectivity index (χ4n) is 1.95. The topological polar surface area (TPSA) is 29.1 Å². The Labute approximate surface area is 118 Å². The van der Waals surface area contributed by atoms with Crippen LogP contribution in [-0.4, -0.2) is 12.3 Å². The predicted octanol–water partition coefficient (Wildman–Crippen LogP) is 4.13. The molecule has 2 rings (SSSR count). The molecule has 0 spiro atoms. The Bertz CT molecular complexity index is 605. The van der Waals surface area contributed by atoms with Gasteiger partial charge in [0.15, 0.2) is 5.78 Å². The van der Waals surface area contributed by atoms with Crippen molar-refractivity contribution in [3.8, 4) is 0 Å². The monoisotopic (exact) mass is 271 g/mol. The Morgan fingerprint density at radius 1 is 1.05 bits per heavy atom. The van der Waals surface area contributed by atoms with Gasteiger partial charge in [-0.25, -0.2) is 4.39 Å². The molecular weight excluding hydrogens is 253 g/mol. The largest absolute Gasteiger partial charge is 0.385 e. The van der Waals surface area contributed by atoms with E-state index >= 15 is 0 Å². The third-order valence-electron chi connectivity index (χ3n) is 3.35. The van der Waals surface area contributed by atoms with Crippen molar-refractivity contribution in [2.75, 3.05) is 11.9 Å². The molecule has 0 atom stereocenters. The number of anilines is 1. The molecular formula is C17H18FNO. The first-order chi connectivity index (χ1) is 9.56. The van der Waals surface area contributed by atoms with Crippen molar-refractivity contribution >= 4 is 11.5 Å². The number of benzene rings is 2. The van der Waals surface area contributed by atoms with Crippen molar-refractivity contribution in [3.05, 3.63) is 65.0 Å². The van der Waals surface area contributed by atoms with E-state index in [2.05, 4.69) is 31.3 Å². The highest BCUT2D eigenvalue weighted by atomic mass is 19.1. The SMILES string of the molecule is Cc1ccc(NCCC(=O)c2ccc(F)cc2)cc1C. The first kappa shape index (κ1) is 14.3. The van der Waals surface area contributed by atoms with Crippen LogP contribution >= 0.6 is 0 Å². The number of hydrogen-bond donors (Lipinski definition) is 1. The van der Waals surface area contributed by atoms with Crippen LogP contribution in [0.25, 0.3) is 0 Å². The molecule has 2 nitrogen and oxygen atoms in total. The lowest BCUT2D eigenvalue weighted by Gasteiger charge is -2.08. The highest BCUT2D eigenvalue weighted by Gasteiger charge is 2.05. The van der Waals surface area contributed by atoms with E-state index in [9.17, 15) is 9.18 Å². The molecule has 0 heterocycles. The molecule has 0 aliphatic carbocycles. The Morgan fingerprint density at radius 3 is 2.40 bits per heavy atom. The Morgan fingerprint density at radius 2 is 1.75 bits per heavy atom. The highest BCUT2D eigenvalue weighted by Crippen LogP contribution is 2.14. The zero-order valence-electron chi connectivity index (χ0n) is 11.7. The number of carbonyl (C=O) groups excluding carboxylic acids is 1. The van der Waals surface area contributed by atoms with Gasteiger partial charge in [0.05, 0.1) is 0 Å². The Kier molecular flexibility index (Phi) is 4.51. The number of Topliss-reactive ketones (excluding diaryl/α,β-unsaturated/α-hetero) is 1. The van der Waals surface area contributed by atoms with Crippen LogP contribution in [0.2, 0.25) is 0 Å². The van der Waals surface area contributed by atoms with Crippen molar-refractivity contribution in [3.63, 3.8) is 0 Å². The van der Waals surface area contributed by atoms with Crippen molar-refractivity contribution in [1.29, 1.82) is 0 Å². The third-order valence-corrected chi connectivity index (χ3v) is 3.35. The molecule has 0 amide bonds. The quantitative estimate of drug-likeness (QED) is 0.828.